The monoisotopic (exact) mass is 409 g/mol. The van der Waals surface area contributed by atoms with Gasteiger partial charge in [0.1, 0.15) is 11.5 Å². The molecular weight excluding hydrogens is 374 g/mol. The van der Waals surface area contributed by atoms with Crippen LogP contribution in [-0.2, 0) is 6.54 Å². The van der Waals surface area contributed by atoms with Crippen molar-refractivity contribution in [2.75, 3.05) is 57.3 Å². The minimum Gasteiger partial charge on any atom is -0.508 e. The average Bonchev–Trinajstić information content (AvgIpc) is 2.78. The molecule has 0 saturated carbocycles. The fourth-order valence-electron chi connectivity index (χ4n) is 4.51. The van der Waals surface area contributed by atoms with Crippen LogP contribution in [0.2, 0.25) is 0 Å². The number of benzene rings is 2. The van der Waals surface area contributed by atoms with Crippen molar-refractivity contribution >= 4 is 5.69 Å². The van der Waals surface area contributed by atoms with Crippen molar-refractivity contribution < 1.29 is 9.84 Å². The van der Waals surface area contributed by atoms with Gasteiger partial charge in [-0.25, -0.2) is 0 Å². The maximum absolute atomic E-state index is 9.71. The van der Waals surface area contributed by atoms with Crippen LogP contribution in [0.1, 0.15) is 31.2 Å². The summed E-state index contributed by atoms with van der Waals surface area (Å²) >= 11 is 0. The molecule has 2 aliphatic rings. The molecule has 2 heterocycles. The van der Waals surface area contributed by atoms with E-state index in [1.807, 2.05) is 12.1 Å². The van der Waals surface area contributed by atoms with Crippen LogP contribution in [-0.4, -0.2) is 67.3 Å². The molecule has 4 rings (SSSR count). The number of ether oxygens (including phenoxy) is 1. The van der Waals surface area contributed by atoms with Crippen molar-refractivity contribution in [3.05, 3.63) is 54.1 Å². The van der Waals surface area contributed by atoms with E-state index in [2.05, 4.69) is 45.0 Å². The summed E-state index contributed by atoms with van der Waals surface area (Å²) in [6.45, 7) is 9.44. The van der Waals surface area contributed by atoms with Crippen LogP contribution in [0.4, 0.5) is 5.69 Å². The topological polar surface area (TPSA) is 39.2 Å². The predicted octanol–water partition coefficient (Wildman–Crippen LogP) is 3.97. The molecule has 0 amide bonds. The number of hydrogen-bond acceptors (Lipinski definition) is 5. The van der Waals surface area contributed by atoms with Crippen LogP contribution in [0.15, 0.2) is 48.5 Å². The van der Waals surface area contributed by atoms with Gasteiger partial charge in [-0.3, -0.25) is 4.90 Å². The molecule has 0 spiro atoms. The lowest BCUT2D eigenvalue weighted by Crippen LogP contribution is -2.45. The van der Waals surface area contributed by atoms with Crippen molar-refractivity contribution in [2.24, 2.45) is 0 Å². The summed E-state index contributed by atoms with van der Waals surface area (Å²) in [7, 11) is 0. The van der Waals surface area contributed by atoms with Gasteiger partial charge >= 0.3 is 0 Å². The predicted molar refractivity (Wildman–Crippen MR) is 122 cm³/mol. The fraction of sp³-hybridized carbons (Fsp3) is 0.520. The highest BCUT2D eigenvalue weighted by atomic mass is 16.5. The van der Waals surface area contributed by atoms with Gasteiger partial charge in [0.05, 0.1) is 6.61 Å². The summed E-state index contributed by atoms with van der Waals surface area (Å²) < 4.78 is 6.04. The number of piperidine rings is 1. The third-order valence-corrected chi connectivity index (χ3v) is 6.21. The highest BCUT2D eigenvalue weighted by molar-refractivity contribution is 5.50. The van der Waals surface area contributed by atoms with Gasteiger partial charge in [0.25, 0.3) is 0 Å². The molecule has 5 heteroatoms. The molecular formula is C25H35N3O2. The maximum Gasteiger partial charge on any atom is 0.119 e. The van der Waals surface area contributed by atoms with Gasteiger partial charge in [0.2, 0.25) is 0 Å². The second kappa shape index (κ2) is 10.7. The van der Waals surface area contributed by atoms with E-state index < -0.39 is 0 Å². The zero-order chi connectivity index (χ0) is 20.6. The van der Waals surface area contributed by atoms with Crippen LogP contribution < -0.4 is 9.64 Å². The summed E-state index contributed by atoms with van der Waals surface area (Å²) in [6, 6.07) is 16.1. The Balaban J connectivity index is 1.20. The van der Waals surface area contributed by atoms with E-state index in [1.165, 1.54) is 37.9 Å². The number of anilines is 1. The first-order chi connectivity index (χ1) is 14.8. The number of nitrogens with zero attached hydrogens (tertiary/aromatic N) is 3. The molecule has 1 N–H and O–H groups in total. The number of phenols is 1. The highest BCUT2D eigenvalue weighted by Gasteiger charge is 2.17. The van der Waals surface area contributed by atoms with Gasteiger partial charge in [0.15, 0.2) is 0 Å². The molecule has 2 aromatic rings. The number of piperazine rings is 1. The van der Waals surface area contributed by atoms with E-state index in [9.17, 15) is 5.11 Å². The van der Waals surface area contributed by atoms with Gasteiger partial charge in [-0.05, 0) is 62.2 Å². The molecule has 2 aromatic carbocycles. The molecule has 30 heavy (non-hydrogen) atoms. The van der Waals surface area contributed by atoms with Gasteiger partial charge in [-0.1, -0.05) is 24.6 Å². The van der Waals surface area contributed by atoms with Crippen molar-refractivity contribution in [3.8, 4) is 11.5 Å². The Morgan fingerprint density at radius 1 is 0.800 bits per heavy atom. The lowest BCUT2D eigenvalue weighted by molar-refractivity contribution is 0.204. The Kier molecular flexibility index (Phi) is 7.49. The van der Waals surface area contributed by atoms with Crippen LogP contribution in [0.3, 0.4) is 0 Å². The molecule has 0 radical (unpaired) electrons. The van der Waals surface area contributed by atoms with E-state index in [-0.39, 0.29) is 0 Å². The van der Waals surface area contributed by atoms with E-state index in [4.69, 9.17) is 4.74 Å². The summed E-state index contributed by atoms with van der Waals surface area (Å²) in [5.41, 5.74) is 2.42. The average molecular weight is 410 g/mol. The molecule has 162 valence electrons. The minimum atomic E-state index is 0.336. The molecule has 0 aromatic heterocycles. The largest absolute Gasteiger partial charge is 0.508 e. The Bertz CT molecular complexity index is 783. The molecule has 0 bridgehead atoms. The quantitative estimate of drug-likeness (QED) is 0.668. The Morgan fingerprint density at radius 3 is 2.40 bits per heavy atom. The van der Waals surface area contributed by atoms with E-state index in [0.29, 0.717) is 5.75 Å². The van der Waals surface area contributed by atoms with Gasteiger partial charge in [-0.15, -0.1) is 0 Å². The molecule has 2 saturated heterocycles. The van der Waals surface area contributed by atoms with Gasteiger partial charge in [0, 0.05) is 51.0 Å². The minimum absolute atomic E-state index is 0.336. The Morgan fingerprint density at radius 2 is 1.60 bits per heavy atom. The second-order valence-electron chi connectivity index (χ2n) is 8.53. The van der Waals surface area contributed by atoms with E-state index >= 15 is 0 Å². The van der Waals surface area contributed by atoms with E-state index in [0.717, 1.165) is 63.7 Å². The van der Waals surface area contributed by atoms with Crippen molar-refractivity contribution in [3.63, 3.8) is 0 Å². The number of phenolic OH excluding ortho intramolecular Hbond substituents is 1. The smallest absolute Gasteiger partial charge is 0.119 e. The Hall–Kier alpha value is -2.24. The maximum atomic E-state index is 9.71. The molecule has 0 unspecified atom stereocenters. The van der Waals surface area contributed by atoms with Crippen molar-refractivity contribution in [1.82, 2.24) is 9.80 Å². The number of likely N-dealkylation sites (tertiary alicyclic amines) is 1. The molecule has 2 fully saturated rings. The first-order valence-corrected chi connectivity index (χ1v) is 11.5. The molecule has 0 atom stereocenters. The van der Waals surface area contributed by atoms with E-state index in [1.54, 1.807) is 6.07 Å². The third kappa shape index (κ3) is 6.13. The molecule has 0 aliphatic carbocycles. The van der Waals surface area contributed by atoms with Crippen LogP contribution in [0, 0.1) is 0 Å². The number of hydrogen-bond donors (Lipinski definition) is 1. The Labute approximate surface area is 180 Å². The summed E-state index contributed by atoms with van der Waals surface area (Å²) in [6.07, 6.45) is 5.20. The zero-order valence-corrected chi connectivity index (χ0v) is 18.0. The van der Waals surface area contributed by atoms with Gasteiger partial charge < -0.3 is 19.6 Å². The normalized spacial score (nSPS) is 18.5. The van der Waals surface area contributed by atoms with Crippen LogP contribution >= 0.6 is 0 Å². The standard InChI is InChI=1S/C25H35N3O2/c29-24-9-5-8-23(20-24)28-16-14-27(15-17-28)21-22-7-4-10-25(19-22)30-18-6-13-26-11-2-1-3-12-26/h4-5,7-10,19-20,29H,1-3,6,11-18,21H2. The number of rotatable bonds is 8. The molecule has 5 nitrogen and oxygen atoms in total. The fourth-order valence-corrected chi connectivity index (χ4v) is 4.51. The third-order valence-electron chi connectivity index (χ3n) is 6.21. The molecule has 2 aliphatic heterocycles. The first-order valence-electron chi connectivity index (χ1n) is 11.5. The van der Waals surface area contributed by atoms with Crippen LogP contribution in [0.5, 0.6) is 11.5 Å². The summed E-state index contributed by atoms with van der Waals surface area (Å²) in [5, 5.41) is 9.71. The highest BCUT2D eigenvalue weighted by Crippen LogP contribution is 2.22. The lowest BCUT2D eigenvalue weighted by Gasteiger charge is -2.36. The summed E-state index contributed by atoms with van der Waals surface area (Å²) in [4.78, 5) is 7.41. The zero-order valence-electron chi connectivity index (χ0n) is 18.0. The van der Waals surface area contributed by atoms with Gasteiger partial charge in [-0.2, -0.15) is 0 Å². The summed E-state index contributed by atoms with van der Waals surface area (Å²) in [5.74, 6) is 1.33. The first kappa shape index (κ1) is 21.0. The SMILES string of the molecule is Oc1cccc(N2CCN(Cc3cccc(OCCCN4CCCCC4)c3)CC2)c1. The lowest BCUT2D eigenvalue weighted by atomic mass is 10.1. The van der Waals surface area contributed by atoms with Crippen molar-refractivity contribution in [1.29, 1.82) is 0 Å². The van der Waals surface area contributed by atoms with Crippen molar-refractivity contribution in [2.45, 2.75) is 32.2 Å². The van der Waals surface area contributed by atoms with Crippen LogP contribution in [0.25, 0.3) is 0 Å². The second-order valence-corrected chi connectivity index (χ2v) is 8.53. The number of aromatic hydroxyl groups is 1.